The van der Waals surface area contributed by atoms with Crippen LogP contribution in [0, 0.1) is 0 Å². The summed E-state index contributed by atoms with van der Waals surface area (Å²) < 4.78 is 1.80. The maximum Gasteiger partial charge on any atom is 0.274 e. The number of nitrogens with one attached hydrogen (secondary N) is 1. The number of pyridine rings is 1. The van der Waals surface area contributed by atoms with Gasteiger partial charge in [0.2, 0.25) is 0 Å². The first kappa shape index (κ1) is 22.0. The average molecular weight is 419 g/mol. The van der Waals surface area contributed by atoms with Crippen LogP contribution in [0.3, 0.4) is 0 Å². The first-order chi connectivity index (χ1) is 15.0. The molecule has 1 atom stereocenters. The summed E-state index contributed by atoms with van der Waals surface area (Å²) in [6.45, 7) is 7.75. The number of aromatic nitrogens is 4. The number of nitrogens with zero attached hydrogens (tertiary/aromatic N) is 5. The summed E-state index contributed by atoms with van der Waals surface area (Å²) >= 11 is 0. The van der Waals surface area contributed by atoms with Crippen molar-refractivity contribution in [3.05, 3.63) is 78.4 Å². The summed E-state index contributed by atoms with van der Waals surface area (Å²) in [6.07, 6.45) is 13.1. The van der Waals surface area contributed by atoms with Gasteiger partial charge in [0.1, 0.15) is 12.0 Å². The molecule has 0 saturated carbocycles. The summed E-state index contributed by atoms with van der Waals surface area (Å²) in [5.41, 5.74) is 3.55. The maximum absolute atomic E-state index is 12.8. The van der Waals surface area contributed by atoms with Crippen LogP contribution in [-0.2, 0) is 6.54 Å². The van der Waals surface area contributed by atoms with Crippen LogP contribution in [0.15, 0.2) is 66.4 Å². The summed E-state index contributed by atoms with van der Waals surface area (Å²) in [4.78, 5) is 21.2. The molecule has 1 amide bonds. The summed E-state index contributed by atoms with van der Waals surface area (Å²) in [5, 5.41) is 20.7. The lowest BCUT2D eigenvalue weighted by Crippen LogP contribution is -2.25. The Morgan fingerprint density at radius 2 is 2.32 bits per heavy atom. The molecule has 8 nitrogen and oxygen atoms in total. The van der Waals surface area contributed by atoms with Crippen molar-refractivity contribution in [2.24, 2.45) is 4.99 Å². The van der Waals surface area contributed by atoms with E-state index in [-0.39, 0.29) is 5.91 Å². The highest BCUT2D eigenvalue weighted by Crippen LogP contribution is 2.23. The Kier molecular flexibility index (Phi) is 7.40. The third-order valence-electron chi connectivity index (χ3n) is 4.62. The largest absolute Gasteiger partial charge is 0.392 e. The number of carbonyl (C=O) groups excluding carboxylic acids is 1. The summed E-state index contributed by atoms with van der Waals surface area (Å²) in [6, 6.07) is 3.53. The molecule has 0 spiro atoms. The van der Waals surface area contributed by atoms with Crippen LogP contribution in [0.4, 0.5) is 0 Å². The average Bonchev–Trinajstić information content (AvgIpc) is 3.22. The minimum atomic E-state index is -0.516. The minimum Gasteiger partial charge on any atom is -0.392 e. The Balaban J connectivity index is 1.78. The molecule has 160 valence electrons. The van der Waals surface area contributed by atoms with Crippen molar-refractivity contribution in [3.8, 4) is 0 Å². The Hall–Kier alpha value is -3.65. The van der Waals surface area contributed by atoms with Gasteiger partial charge in [0, 0.05) is 29.9 Å². The highest BCUT2D eigenvalue weighted by Gasteiger charge is 2.17. The van der Waals surface area contributed by atoms with Crippen LogP contribution in [0.5, 0.6) is 0 Å². The van der Waals surface area contributed by atoms with Gasteiger partial charge in [-0.15, -0.1) is 10.2 Å². The van der Waals surface area contributed by atoms with Gasteiger partial charge in [-0.3, -0.25) is 14.8 Å². The van der Waals surface area contributed by atoms with E-state index in [9.17, 15) is 9.90 Å². The van der Waals surface area contributed by atoms with E-state index in [0.29, 0.717) is 24.5 Å². The fourth-order valence-corrected chi connectivity index (χ4v) is 3.20. The van der Waals surface area contributed by atoms with Gasteiger partial charge in [-0.1, -0.05) is 18.7 Å². The van der Waals surface area contributed by atoms with Crippen molar-refractivity contribution >= 4 is 23.3 Å². The highest BCUT2D eigenvalue weighted by molar-refractivity contribution is 5.95. The molecular formula is C23H26N6O2. The van der Waals surface area contributed by atoms with Crippen LogP contribution in [0.25, 0.3) is 11.1 Å². The molecule has 31 heavy (non-hydrogen) atoms. The van der Waals surface area contributed by atoms with Crippen molar-refractivity contribution < 1.29 is 9.90 Å². The number of carbonyl (C=O) groups is 1. The third kappa shape index (κ3) is 5.70. The van der Waals surface area contributed by atoms with Gasteiger partial charge >= 0.3 is 0 Å². The van der Waals surface area contributed by atoms with Crippen molar-refractivity contribution in [1.29, 1.82) is 0 Å². The lowest BCUT2D eigenvalue weighted by Gasteiger charge is -2.16. The molecule has 0 unspecified atom stereocenters. The standard InChI is InChI=1S/C23H26N6O2/c1-4-17(13-24-5-2)18-9-10-25-21(12-18)23(31)27-20-8-6-7-19(11-20)22-28-26-15-29(22)14-16(3)30/h4-5,7,9-13,15-16,30H,1,6,8,14H2,2-3H3,(H,27,31)/b17-13+,24-5-/t16-/m0/s1. The second-order valence-corrected chi connectivity index (χ2v) is 7.10. The normalized spacial score (nSPS) is 15.4. The first-order valence-corrected chi connectivity index (χ1v) is 10.1. The number of hydrogen-bond donors (Lipinski definition) is 2. The smallest absolute Gasteiger partial charge is 0.274 e. The van der Waals surface area contributed by atoms with Gasteiger partial charge in [-0.25, -0.2) is 0 Å². The predicted molar refractivity (Wildman–Crippen MR) is 121 cm³/mol. The second kappa shape index (κ2) is 10.4. The number of hydrogen-bond acceptors (Lipinski definition) is 6. The topological polar surface area (TPSA) is 105 Å². The Bertz CT molecular complexity index is 1080. The van der Waals surface area contributed by atoms with E-state index < -0.39 is 6.10 Å². The molecule has 2 aromatic rings. The number of aliphatic hydroxyl groups is 1. The van der Waals surface area contributed by atoms with Gasteiger partial charge in [0.05, 0.1) is 12.6 Å². The Morgan fingerprint density at radius 3 is 3.06 bits per heavy atom. The molecular weight excluding hydrogens is 392 g/mol. The van der Waals surface area contributed by atoms with E-state index in [0.717, 1.165) is 28.8 Å². The van der Waals surface area contributed by atoms with Crippen LogP contribution >= 0.6 is 0 Å². The molecule has 2 heterocycles. The number of aliphatic hydroxyl groups excluding tert-OH is 1. The van der Waals surface area contributed by atoms with Crippen LogP contribution in [0.2, 0.25) is 0 Å². The zero-order valence-corrected chi connectivity index (χ0v) is 17.7. The highest BCUT2D eigenvalue weighted by atomic mass is 16.3. The third-order valence-corrected chi connectivity index (χ3v) is 4.62. The molecule has 0 bridgehead atoms. The van der Waals surface area contributed by atoms with E-state index in [1.165, 1.54) is 0 Å². The van der Waals surface area contributed by atoms with E-state index in [1.54, 1.807) is 48.6 Å². The van der Waals surface area contributed by atoms with Crippen molar-refractivity contribution in [2.75, 3.05) is 0 Å². The Morgan fingerprint density at radius 1 is 1.48 bits per heavy atom. The SMILES string of the molecule is C=C/C(=C\N=C/C)c1ccnc(C(=O)NC2=CC(c3nncn3C[C@H](C)O)=CCC2)c1. The predicted octanol–water partition coefficient (Wildman–Crippen LogP) is 3.16. The first-order valence-electron chi connectivity index (χ1n) is 10.1. The van der Waals surface area contributed by atoms with E-state index in [2.05, 4.69) is 32.1 Å². The van der Waals surface area contributed by atoms with Gasteiger partial charge in [-0.05, 0) is 56.0 Å². The van der Waals surface area contributed by atoms with Crippen LogP contribution in [0.1, 0.15) is 48.6 Å². The number of amides is 1. The molecule has 0 aromatic carbocycles. The van der Waals surface area contributed by atoms with Crippen molar-refractivity contribution in [2.45, 2.75) is 39.3 Å². The molecule has 2 aromatic heterocycles. The zero-order valence-electron chi connectivity index (χ0n) is 17.7. The van der Waals surface area contributed by atoms with Gasteiger partial charge < -0.3 is 15.0 Å². The summed E-state index contributed by atoms with van der Waals surface area (Å²) in [7, 11) is 0. The molecule has 2 N–H and O–H groups in total. The monoisotopic (exact) mass is 418 g/mol. The fraction of sp³-hybridized carbons (Fsp3) is 0.261. The van der Waals surface area contributed by atoms with Crippen LogP contribution < -0.4 is 5.32 Å². The van der Waals surface area contributed by atoms with Gasteiger partial charge in [0.25, 0.3) is 5.91 Å². The molecule has 1 aliphatic rings. The molecule has 0 fully saturated rings. The minimum absolute atomic E-state index is 0.290. The Labute approximate surface area is 181 Å². The molecule has 8 heteroatoms. The lowest BCUT2D eigenvalue weighted by molar-refractivity contribution is 0.0959. The molecule has 0 saturated heterocycles. The van der Waals surface area contributed by atoms with Crippen LogP contribution in [-0.4, -0.2) is 43.1 Å². The maximum atomic E-state index is 12.8. The van der Waals surface area contributed by atoms with Crippen molar-refractivity contribution in [1.82, 2.24) is 25.1 Å². The lowest BCUT2D eigenvalue weighted by atomic mass is 10.0. The van der Waals surface area contributed by atoms with E-state index >= 15 is 0 Å². The van der Waals surface area contributed by atoms with E-state index in [1.807, 2.05) is 25.1 Å². The molecule has 0 radical (unpaired) electrons. The van der Waals surface area contributed by atoms with Crippen molar-refractivity contribution in [3.63, 3.8) is 0 Å². The fourth-order valence-electron chi connectivity index (χ4n) is 3.20. The molecule has 3 rings (SSSR count). The van der Waals surface area contributed by atoms with Gasteiger partial charge in [0.15, 0.2) is 5.82 Å². The number of rotatable bonds is 8. The van der Waals surface area contributed by atoms with Gasteiger partial charge in [-0.2, -0.15) is 0 Å². The zero-order chi connectivity index (χ0) is 22.2. The number of allylic oxidation sites excluding steroid dienone is 6. The summed E-state index contributed by atoms with van der Waals surface area (Å²) in [5.74, 6) is 0.368. The second-order valence-electron chi connectivity index (χ2n) is 7.10. The van der Waals surface area contributed by atoms with E-state index in [4.69, 9.17) is 0 Å². The molecule has 1 aliphatic carbocycles. The molecule has 0 aliphatic heterocycles. The quantitative estimate of drug-likeness (QED) is 0.506. The number of aliphatic imine (C=N–C) groups is 1.